The van der Waals surface area contributed by atoms with E-state index in [1.165, 1.54) is 28.6 Å². The van der Waals surface area contributed by atoms with Crippen molar-refractivity contribution in [3.8, 4) is 17.1 Å². The van der Waals surface area contributed by atoms with E-state index in [1.54, 1.807) is 55.6 Å². The minimum absolute atomic E-state index is 0.194. The van der Waals surface area contributed by atoms with Crippen LogP contribution in [0.15, 0.2) is 78.0 Å². The van der Waals surface area contributed by atoms with Gasteiger partial charge in [0.05, 0.1) is 7.11 Å². The van der Waals surface area contributed by atoms with Gasteiger partial charge in [0, 0.05) is 22.6 Å². The van der Waals surface area contributed by atoms with Crippen LogP contribution in [0, 0.1) is 5.82 Å². The Morgan fingerprint density at radius 2 is 1.72 bits per heavy atom. The number of rotatable bonds is 7. The number of aromatic nitrogens is 3. The van der Waals surface area contributed by atoms with Crippen LogP contribution >= 0.6 is 11.8 Å². The average molecular weight is 450 g/mol. The molecule has 1 aromatic heterocycles. The van der Waals surface area contributed by atoms with Crippen LogP contribution in [-0.4, -0.2) is 27.9 Å². The molecule has 0 atom stereocenters. The van der Waals surface area contributed by atoms with Crippen molar-refractivity contribution in [2.45, 2.75) is 10.9 Å². The second-order valence-corrected chi connectivity index (χ2v) is 7.79. The van der Waals surface area contributed by atoms with Gasteiger partial charge in [-0.2, -0.15) is 0 Å². The Balaban J connectivity index is 1.36. The zero-order chi connectivity index (χ0) is 22.5. The van der Waals surface area contributed by atoms with E-state index in [0.29, 0.717) is 33.5 Å². The Labute approximate surface area is 188 Å². The fourth-order valence-corrected chi connectivity index (χ4v) is 3.76. The van der Waals surface area contributed by atoms with E-state index in [4.69, 9.17) is 10.6 Å². The number of thioether (sulfide) groups is 1. The first-order valence-corrected chi connectivity index (χ1v) is 10.7. The van der Waals surface area contributed by atoms with Gasteiger partial charge >= 0.3 is 0 Å². The van der Waals surface area contributed by atoms with E-state index < -0.39 is 0 Å². The Morgan fingerprint density at radius 1 is 1.03 bits per heavy atom. The molecule has 7 nitrogen and oxygen atoms in total. The molecule has 0 unspecified atom stereocenters. The van der Waals surface area contributed by atoms with Crippen LogP contribution in [0.5, 0.6) is 5.75 Å². The lowest BCUT2D eigenvalue weighted by atomic mass is 10.1. The maximum Gasteiger partial charge on any atom is 0.255 e. The molecule has 1 heterocycles. The zero-order valence-corrected chi connectivity index (χ0v) is 18.0. The van der Waals surface area contributed by atoms with Crippen LogP contribution in [0.3, 0.4) is 0 Å². The number of nitrogen functional groups attached to an aromatic ring is 1. The van der Waals surface area contributed by atoms with Gasteiger partial charge in [0.1, 0.15) is 11.6 Å². The van der Waals surface area contributed by atoms with Crippen LogP contribution < -0.4 is 15.9 Å². The number of nitrogens with one attached hydrogen (secondary N) is 1. The largest absolute Gasteiger partial charge is 0.497 e. The lowest BCUT2D eigenvalue weighted by molar-refractivity contribution is 0.102. The van der Waals surface area contributed by atoms with E-state index in [2.05, 4.69) is 15.5 Å². The minimum atomic E-state index is -0.326. The molecule has 4 aromatic rings. The molecule has 0 radical (unpaired) electrons. The number of carbonyl (C=O) groups excluding carboxylic acids is 1. The number of nitrogens with two attached hydrogens (primary N) is 1. The first-order chi connectivity index (χ1) is 15.5. The van der Waals surface area contributed by atoms with Crippen LogP contribution in [-0.2, 0) is 5.75 Å². The van der Waals surface area contributed by atoms with Gasteiger partial charge < -0.3 is 15.9 Å². The summed E-state index contributed by atoms with van der Waals surface area (Å²) in [5.74, 6) is 7.37. The maximum atomic E-state index is 13.1. The summed E-state index contributed by atoms with van der Waals surface area (Å²) in [6.45, 7) is 0. The number of nitrogens with zero attached hydrogens (tertiary/aromatic N) is 3. The van der Waals surface area contributed by atoms with Gasteiger partial charge in [0.15, 0.2) is 5.82 Å². The molecule has 0 aliphatic carbocycles. The highest BCUT2D eigenvalue weighted by atomic mass is 32.2. The number of benzene rings is 3. The molecule has 32 heavy (non-hydrogen) atoms. The highest BCUT2D eigenvalue weighted by Crippen LogP contribution is 2.25. The third-order valence-corrected chi connectivity index (χ3v) is 5.71. The first kappa shape index (κ1) is 21.4. The summed E-state index contributed by atoms with van der Waals surface area (Å²) in [4.78, 5) is 12.5. The van der Waals surface area contributed by atoms with Crippen molar-refractivity contribution in [1.29, 1.82) is 0 Å². The Hall–Kier alpha value is -3.85. The summed E-state index contributed by atoms with van der Waals surface area (Å²) in [5.41, 5.74) is 2.92. The summed E-state index contributed by atoms with van der Waals surface area (Å²) in [7, 11) is 1.59. The SMILES string of the molecule is COc1ccc(NC(=O)c2ccc(CSc3nnc(-c4ccc(F)cc4)n3N)cc2)cc1. The predicted molar refractivity (Wildman–Crippen MR) is 123 cm³/mol. The lowest BCUT2D eigenvalue weighted by Crippen LogP contribution is -2.12. The zero-order valence-electron chi connectivity index (χ0n) is 17.2. The number of amides is 1. The highest BCUT2D eigenvalue weighted by Gasteiger charge is 2.13. The second kappa shape index (κ2) is 9.52. The van der Waals surface area contributed by atoms with E-state index in [1.807, 2.05) is 12.1 Å². The van der Waals surface area contributed by atoms with Crippen molar-refractivity contribution < 1.29 is 13.9 Å². The van der Waals surface area contributed by atoms with E-state index in [9.17, 15) is 9.18 Å². The lowest BCUT2D eigenvalue weighted by Gasteiger charge is -2.07. The number of methoxy groups -OCH3 is 1. The smallest absolute Gasteiger partial charge is 0.255 e. The second-order valence-electron chi connectivity index (χ2n) is 6.85. The molecule has 0 fully saturated rings. The first-order valence-electron chi connectivity index (χ1n) is 9.67. The molecular weight excluding hydrogens is 429 g/mol. The van der Waals surface area contributed by atoms with Gasteiger partial charge in [-0.1, -0.05) is 23.9 Å². The fourth-order valence-electron chi connectivity index (χ4n) is 2.95. The highest BCUT2D eigenvalue weighted by molar-refractivity contribution is 7.98. The Bertz CT molecular complexity index is 1210. The maximum absolute atomic E-state index is 13.1. The molecule has 0 saturated carbocycles. The number of hydrogen-bond donors (Lipinski definition) is 2. The van der Waals surface area contributed by atoms with Gasteiger partial charge in [0.25, 0.3) is 5.91 Å². The normalized spacial score (nSPS) is 10.7. The van der Waals surface area contributed by atoms with Crippen LogP contribution in [0.1, 0.15) is 15.9 Å². The molecule has 0 spiro atoms. The summed E-state index contributed by atoms with van der Waals surface area (Å²) in [6.07, 6.45) is 0. The predicted octanol–water partition coefficient (Wildman–Crippen LogP) is 4.35. The van der Waals surface area contributed by atoms with Crippen LogP contribution in [0.4, 0.5) is 10.1 Å². The van der Waals surface area contributed by atoms with Crippen molar-refractivity contribution in [2.24, 2.45) is 0 Å². The number of carbonyl (C=O) groups is 1. The third kappa shape index (κ3) is 4.89. The van der Waals surface area contributed by atoms with Crippen molar-refractivity contribution in [3.63, 3.8) is 0 Å². The molecule has 3 aromatic carbocycles. The molecular formula is C23H20FN5O2S. The number of halogens is 1. The van der Waals surface area contributed by atoms with Crippen molar-refractivity contribution in [1.82, 2.24) is 14.9 Å². The Morgan fingerprint density at radius 3 is 2.38 bits per heavy atom. The summed E-state index contributed by atoms with van der Waals surface area (Å²) < 4.78 is 19.6. The molecule has 0 bridgehead atoms. The monoisotopic (exact) mass is 449 g/mol. The van der Waals surface area contributed by atoms with Gasteiger partial charge in [-0.05, 0) is 66.2 Å². The Kier molecular flexibility index (Phi) is 6.37. The van der Waals surface area contributed by atoms with E-state index >= 15 is 0 Å². The molecule has 162 valence electrons. The summed E-state index contributed by atoms with van der Waals surface area (Å²) in [5, 5.41) is 11.6. The number of hydrogen-bond acceptors (Lipinski definition) is 6. The molecule has 9 heteroatoms. The van der Waals surface area contributed by atoms with E-state index in [0.717, 1.165) is 11.3 Å². The van der Waals surface area contributed by atoms with Crippen LogP contribution in [0.2, 0.25) is 0 Å². The molecule has 3 N–H and O–H groups in total. The van der Waals surface area contributed by atoms with Crippen LogP contribution in [0.25, 0.3) is 11.4 Å². The molecule has 0 aliphatic heterocycles. The standard InChI is InChI=1S/C23H20FN5O2S/c1-31-20-12-10-19(11-13-20)26-22(30)17-4-2-15(3-5-17)14-32-23-28-27-21(29(23)25)16-6-8-18(24)9-7-16/h2-13H,14,25H2,1H3,(H,26,30). The van der Waals surface area contributed by atoms with Gasteiger partial charge in [-0.3, -0.25) is 4.79 Å². The number of ether oxygens (including phenoxy) is 1. The van der Waals surface area contributed by atoms with Gasteiger partial charge in [-0.15, -0.1) is 10.2 Å². The number of anilines is 1. The molecule has 4 rings (SSSR count). The van der Waals surface area contributed by atoms with E-state index in [-0.39, 0.29) is 11.7 Å². The van der Waals surface area contributed by atoms with Gasteiger partial charge in [-0.25, -0.2) is 9.07 Å². The fraction of sp³-hybridized carbons (Fsp3) is 0.0870. The topological polar surface area (TPSA) is 95.1 Å². The van der Waals surface area contributed by atoms with Gasteiger partial charge in [0.2, 0.25) is 5.16 Å². The molecule has 0 saturated heterocycles. The molecule has 1 amide bonds. The third-order valence-electron chi connectivity index (χ3n) is 4.70. The summed E-state index contributed by atoms with van der Waals surface area (Å²) >= 11 is 1.42. The van der Waals surface area contributed by atoms with Crippen molar-refractivity contribution in [3.05, 3.63) is 89.7 Å². The molecule has 0 aliphatic rings. The quantitative estimate of drug-likeness (QED) is 0.322. The van der Waals surface area contributed by atoms with Crippen molar-refractivity contribution in [2.75, 3.05) is 18.3 Å². The minimum Gasteiger partial charge on any atom is -0.497 e. The average Bonchev–Trinajstić information content (AvgIpc) is 3.19. The summed E-state index contributed by atoms with van der Waals surface area (Å²) in [6, 6.07) is 20.4. The van der Waals surface area contributed by atoms with Crippen molar-refractivity contribution >= 4 is 23.4 Å².